The normalized spacial score (nSPS) is 10.0. The van der Waals surface area contributed by atoms with Gasteiger partial charge in [-0.25, -0.2) is 0 Å². The van der Waals surface area contributed by atoms with Crippen molar-refractivity contribution in [3.8, 4) is 0 Å². The van der Waals surface area contributed by atoms with Gasteiger partial charge in [-0.05, 0) is 4.79 Å². The third-order valence-corrected chi connectivity index (χ3v) is 1.41. The Balaban J connectivity index is 2.63. The molecule has 0 spiro atoms. The lowest BCUT2D eigenvalue weighted by Gasteiger charge is -1.93. The molecule has 0 unspecified atom stereocenters. The molecule has 0 saturated heterocycles. The molecule has 0 bridgehead atoms. The molecule has 0 aromatic heterocycles. The van der Waals surface area contributed by atoms with Crippen molar-refractivity contribution in [2.75, 3.05) is 7.11 Å². The highest BCUT2D eigenvalue weighted by Gasteiger charge is 1.91. The topological polar surface area (TPSA) is 9.23 Å². The van der Waals surface area contributed by atoms with E-state index < -0.39 is 0 Å². The summed E-state index contributed by atoms with van der Waals surface area (Å²) < 4.78 is 4.73. The van der Waals surface area contributed by atoms with Crippen LogP contribution in [0.3, 0.4) is 0 Å². The van der Waals surface area contributed by atoms with Crippen LogP contribution in [0.4, 0.5) is 0 Å². The number of rotatable bonds is 2. The van der Waals surface area contributed by atoms with Crippen molar-refractivity contribution in [2.45, 2.75) is 4.79 Å². The average molecular weight is 128 g/mol. The third kappa shape index (κ3) is 4.61. The van der Waals surface area contributed by atoms with E-state index in [0.717, 1.165) is 0 Å². The van der Waals surface area contributed by atoms with Gasteiger partial charge in [0.2, 0.25) is 9.76 Å². The maximum absolute atomic E-state index is 4.73. The Labute approximate surface area is 47.3 Å². The molecule has 0 aliphatic carbocycles. The van der Waals surface area contributed by atoms with Crippen LogP contribution in [0, 0.1) is 0 Å². The molecule has 0 amide bonds. The molecule has 0 aromatic carbocycles. The molecule has 0 aromatic rings. The Morgan fingerprint density at radius 3 is 2.17 bits per heavy atom. The van der Waals surface area contributed by atoms with Crippen LogP contribution in [0.15, 0.2) is 0 Å². The zero-order chi connectivity index (χ0) is 4.99. The van der Waals surface area contributed by atoms with Gasteiger partial charge in [0.05, 0.1) is 0 Å². The summed E-state index contributed by atoms with van der Waals surface area (Å²) in [5, 5.41) is 0. The fourth-order valence-electron chi connectivity index (χ4n) is 0.118. The molecule has 0 N–H and O–H groups in total. The van der Waals surface area contributed by atoms with Gasteiger partial charge in [0.25, 0.3) is 0 Å². The van der Waals surface area contributed by atoms with Gasteiger partial charge in [0.15, 0.2) is 0 Å². The summed E-state index contributed by atoms with van der Waals surface area (Å²) in [4.78, 5) is 0.315. The Hall–Kier alpha value is 0.611. The van der Waals surface area contributed by atoms with Gasteiger partial charge >= 0.3 is 0 Å². The van der Waals surface area contributed by atoms with Crippen molar-refractivity contribution < 1.29 is 4.43 Å². The summed E-state index contributed by atoms with van der Waals surface area (Å²) in [5.41, 5.74) is 0. The van der Waals surface area contributed by atoms with Crippen LogP contribution in [-0.4, -0.2) is 37.4 Å². The second-order valence-electron chi connectivity index (χ2n) is 0.755. The fourth-order valence-corrected chi connectivity index (χ4v) is 1.06. The van der Waals surface area contributed by atoms with Crippen LogP contribution >= 0.6 is 0 Å². The molecular weight excluding hydrogens is 124 g/mol. The van der Waals surface area contributed by atoms with E-state index in [2.05, 4.69) is 20.5 Å². The molecule has 0 saturated carbocycles. The van der Waals surface area contributed by atoms with Crippen LogP contribution in [0.1, 0.15) is 0 Å². The molecule has 0 fully saturated rings. The van der Waals surface area contributed by atoms with Gasteiger partial charge in [-0.3, -0.25) is 0 Å². The lowest BCUT2D eigenvalue weighted by atomic mass is 11.8. The van der Waals surface area contributed by atoms with Crippen LogP contribution in [0.5, 0.6) is 0 Å². The first-order valence-corrected chi connectivity index (χ1v) is 3.62. The van der Waals surface area contributed by atoms with Crippen molar-refractivity contribution in [1.29, 1.82) is 0 Å². The Kier molecular flexibility index (Phi) is 4.17. The lowest BCUT2D eigenvalue weighted by molar-refractivity contribution is 0.443. The quantitative estimate of drug-likeness (QED) is 0.447. The largest absolute Gasteiger partial charge is 0.421 e. The van der Waals surface area contributed by atoms with E-state index in [0.29, 0.717) is 14.6 Å². The number of hydrogen-bond donors (Lipinski definition) is 0. The van der Waals surface area contributed by atoms with E-state index in [-0.39, 0.29) is 0 Å². The molecule has 1 nitrogen and oxygen atoms in total. The van der Waals surface area contributed by atoms with E-state index in [4.69, 9.17) is 4.43 Å². The zero-order valence-electron chi connectivity index (χ0n) is 3.49. The minimum absolute atomic E-state index is 0.315. The molecule has 0 rings (SSSR count). The third-order valence-electron chi connectivity index (χ3n) is 0.236. The Bertz CT molecular complexity index is 30.0. The van der Waals surface area contributed by atoms with Crippen LogP contribution in [0.25, 0.3) is 0 Å². The monoisotopic (exact) mass is 128 g/mol. The molecule has 4 heteroatoms. The van der Waals surface area contributed by atoms with E-state index in [1.54, 1.807) is 7.11 Å². The van der Waals surface area contributed by atoms with Crippen molar-refractivity contribution in [1.82, 2.24) is 0 Å². The maximum Gasteiger partial charge on any atom is 0.225 e. The Morgan fingerprint density at radius 1 is 1.67 bits per heavy atom. The molecule has 30 valence electrons. The SMILES string of the molecule is CO[Si]C([Si])[Si]. The second kappa shape index (κ2) is 3.79. The van der Waals surface area contributed by atoms with Gasteiger partial charge in [-0.2, -0.15) is 0 Å². The summed E-state index contributed by atoms with van der Waals surface area (Å²) in [6.45, 7) is 0. The maximum atomic E-state index is 4.73. The van der Waals surface area contributed by atoms with Crippen LogP contribution in [0.2, 0.25) is 4.79 Å². The molecule has 0 aliphatic heterocycles. The highest BCUT2D eigenvalue weighted by atomic mass is 28.3. The molecule has 0 aliphatic rings. The zero-order valence-corrected chi connectivity index (χ0v) is 6.49. The van der Waals surface area contributed by atoms with E-state index in [1.807, 2.05) is 0 Å². The first-order valence-electron chi connectivity index (χ1n) is 1.48. The smallest absolute Gasteiger partial charge is 0.225 e. The summed E-state index contributed by atoms with van der Waals surface area (Å²) >= 11 is 0. The molecule has 0 atom stereocenters. The predicted molar refractivity (Wildman–Crippen MR) is 28.0 cm³/mol. The van der Waals surface area contributed by atoms with Crippen molar-refractivity contribution in [2.24, 2.45) is 0 Å². The molecule has 6 heavy (non-hydrogen) atoms. The first-order chi connectivity index (χ1) is 2.77. The molecular formula is C2H4OSi3. The highest BCUT2D eigenvalue weighted by molar-refractivity contribution is 6.60. The number of hydrogen-bond acceptors (Lipinski definition) is 1. The molecule has 0 heterocycles. The minimum atomic E-state index is 0.315. The minimum Gasteiger partial charge on any atom is -0.421 e. The standard InChI is InChI=1S/C2H4OSi3/c1-3-6-2(4)5/h2H,1H3. The lowest BCUT2D eigenvalue weighted by Crippen LogP contribution is -2.04. The van der Waals surface area contributed by atoms with E-state index in [1.165, 1.54) is 0 Å². The first kappa shape index (κ1) is 6.61. The van der Waals surface area contributed by atoms with Crippen molar-refractivity contribution in [3.63, 3.8) is 0 Å². The van der Waals surface area contributed by atoms with E-state index >= 15 is 0 Å². The van der Waals surface area contributed by atoms with Gasteiger partial charge in [-0.15, -0.1) is 0 Å². The van der Waals surface area contributed by atoms with E-state index in [9.17, 15) is 0 Å². The van der Waals surface area contributed by atoms with Gasteiger partial charge < -0.3 is 4.43 Å². The summed E-state index contributed by atoms with van der Waals surface area (Å²) in [5.74, 6) is 0. The average Bonchev–Trinajstić information content (AvgIpc) is 1.35. The molecule has 8 radical (unpaired) electrons. The van der Waals surface area contributed by atoms with Crippen molar-refractivity contribution in [3.05, 3.63) is 0 Å². The highest BCUT2D eigenvalue weighted by Crippen LogP contribution is 1.81. The van der Waals surface area contributed by atoms with Gasteiger partial charge in [0, 0.05) is 27.6 Å². The fraction of sp³-hybridized carbons (Fsp3) is 1.00. The Morgan fingerprint density at radius 2 is 2.17 bits per heavy atom. The van der Waals surface area contributed by atoms with Gasteiger partial charge in [0.1, 0.15) is 0 Å². The van der Waals surface area contributed by atoms with Crippen LogP contribution in [-0.2, 0) is 4.43 Å². The second-order valence-corrected chi connectivity index (χ2v) is 4.86. The summed E-state index contributed by atoms with van der Waals surface area (Å²) in [6, 6.07) is 0. The summed E-state index contributed by atoms with van der Waals surface area (Å²) in [6.07, 6.45) is 0. The summed E-state index contributed by atoms with van der Waals surface area (Å²) in [7, 11) is 8.73. The predicted octanol–water partition coefficient (Wildman–Crippen LogP) is -0.708. The van der Waals surface area contributed by atoms with Gasteiger partial charge in [-0.1, -0.05) is 0 Å². The van der Waals surface area contributed by atoms with Crippen LogP contribution < -0.4 is 0 Å². The van der Waals surface area contributed by atoms with Crippen molar-refractivity contribution >= 4 is 30.2 Å².